The van der Waals surface area contributed by atoms with E-state index in [-0.39, 0.29) is 28.9 Å². The van der Waals surface area contributed by atoms with E-state index >= 15 is 0 Å². The molecule has 0 unspecified atom stereocenters. The summed E-state index contributed by atoms with van der Waals surface area (Å²) >= 11 is 5.93. The Morgan fingerprint density at radius 2 is 2.00 bits per heavy atom. The van der Waals surface area contributed by atoms with Crippen molar-refractivity contribution in [2.75, 3.05) is 18.8 Å². The lowest BCUT2D eigenvalue weighted by atomic mass is 9.91. The molecule has 1 saturated heterocycles. The molecule has 0 spiro atoms. The van der Waals surface area contributed by atoms with Crippen molar-refractivity contribution >= 4 is 27.3 Å². The third kappa shape index (κ3) is 2.12. The lowest BCUT2D eigenvalue weighted by Crippen LogP contribution is -2.64. The number of rotatable bonds is 3. The molecule has 0 aromatic heterocycles. The molecule has 0 bridgehead atoms. The summed E-state index contributed by atoms with van der Waals surface area (Å²) in [5.41, 5.74) is 5.11. The summed E-state index contributed by atoms with van der Waals surface area (Å²) in [4.78, 5) is 0.00649. The van der Waals surface area contributed by atoms with E-state index in [1.165, 1.54) is 16.4 Å². The Balaban J connectivity index is 1.86. The second kappa shape index (κ2) is 4.09. The minimum atomic E-state index is -3.67. The second-order valence-electron chi connectivity index (χ2n) is 5.34. The molecule has 5 nitrogen and oxygen atoms in total. The minimum absolute atomic E-state index is 0.00649. The van der Waals surface area contributed by atoms with Crippen molar-refractivity contribution < 1.29 is 13.5 Å². The Bertz CT molecular complexity index is 622. The van der Waals surface area contributed by atoms with Gasteiger partial charge in [-0.3, -0.25) is 0 Å². The van der Waals surface area contributed by atoms with E-state index in [0.29, 0.717) is 5.69 Å². The zero-order chi connectivity index (χ0) is 13.8. The highest BCUT2D eigenvalue weighted by molar-refractivity contribution is 7.89. The molecule has 1 aromatic rings. The van der Waals surface area contributed by atoms with Gasteiger partial charge in [-0.1, -0.05) is 11.6 Å². The zero-order valence-corrected chi connectivity index (χ0v) is 11.8. The molecular weight excluding hydrogens is 288 g/mol. The van der Waals surface area contributed by atoms with Gasteiger partial charge in [0.1, 0.15) is 4.90 Å². The smallest absolute Gasteiger partial charge is 0.244 e. The van der Waals surface area contributed by atoms with E-state index in [2.05, 4.69) is 0 Å². The van der Waals surface area contributed by atoms with Crippen LogP contribution >= 0.6 is 11.6 Å². The van der Waals surface area contributed by atoms with Gasteiger partial charge < -0.3 is 10.8 Å². The van der Waals surface area contributed by atoms with Crippen molar-refractivity contribution in [1.29, 1.82) is 0 Å². The van der Waals surface area contributed by atoms with E-state index in [9.17, 15) is 13.5 Å². The van der Waals surface area contributed by atoms with Crippen LogP contribution in [-0.2, 0) is 10.0 Å². The Morgan fingerprint density at radius 3 is 2.58 bits per heavy atom. The van der Waals surface area contributed by atoms with Crippen LogP contribution in [0.15, 0.2) is 23.1 Å². The standard InChI is InChI=1S/C12H15ClN2O3S/c13-10-4-3-9(14)5-11(10)19(17,18)15-6-12(16,7-15)8-1-2-8/h3-5,8,16H,1-2,6-7,14H2. The molecule has 1 heterocycles. The molecule has 0 amide bonds. The maximum Gasteiger partial charge on any atom is 0.244 e. The van der Waals surface area contributed by atoms with E-state index in [1.807, 2.05) is 0 Å². The summed E-state index contributed by atoms with van der Waals surface area (Å²) in [5, 5.41) is 10.3. The first-order chi connectivity index (χ1) is 8.83. The number of hydrogen-bond donors (Lipinski definition) is 2. The summed E-state index contributed by atoms with van der Waals surface area (Å²) in [6.45, 7) is 0.288. The summed E-state index contributed by atoms with van der Waals surface area (Å²) in [5.74, 6) is 0.246. The maximum atomic E-state index is 12.4. The number of β-amino-alcohol motifs (C(OH)–C–C–N with tert-alkyl or cyclic N) is 1. The van der Waals surface area contributed by atoms with Crippen molar-refractivity contribution in [3.05, 3.63) is 23.2 Å². The molecule has 1 saturated carbocycles. The van der Waals surface area contributed by atoms with Crippen LogP contribution in [0.5, 0.6) is 0 Å². The number of anilines is 1. The molecule has 7 heteroatoms. The monoisotopic (exact) mass is 302 g/mol. The van der Waals surface area contributed by atoms with Gasteiger partial charge in [0.05, 0.1) is 10.6 Å². The van der Waals surface area contributed by atoms with Gasteiger partial charge in [-0.05, 0) is 37.0 Å². The summed E-state index contributed by atoms with van der Waals surface area (Å²) in [7, 11) is -3.67. The van der Waals surface area contributed by atoms with E-state index in [0.717, 1.165) is 12.8 Å². The fourth-order valence-electron chi connectivity index (χ4n) is 2.47. The Morgan fingerprint density at radius 1 is 1.37 bits per heavy atom. The average molecular weight is 303 g/mol. The largest absolute Gasteiger partial charge is 0.399 e. The van der Waals surface area contributed by atoms with Crippen LogP contribution in [0.25, 0.3) is 0 Å². The Hall–Kier alpha value is -0.820. The highest BCUT2D eigenvalue weighted by Crippen LogP contribution is 2.46. The Kier molecular flexibility index (Phi) is 2.83. The summed E-state index contributed by atoms with van der Waals surface area (Å²) in [6, 6.07) is 4.38. The van der Waals surface area contributed by atoms with Crippen molar-refractivity contribution in [3.63, 3.8) is 0 Å². The SMILES string of the molecule is Nc1ccc(Cl)c(S(=O)(=O)N2CC(O)(C3CC3)C2)c1. The third-order valence-corrected chi connectivity index (χ3v) is 6.08. The second-order valence-corrected chi connectivity index (χ2v) is 7.65. The zero-order valence-electron chi connectivity index (χ0n) is 10.2. The van der Waals surface area contributed by atoms with E-state index < -0.39 is 15.6 Å². The average Bonchev–Trinajstić information content (AvgIpc) is 3.12. The number of nitrogens with two attached hydrogens (primary N) is 1. The predicted octanol–water partition coefficient (Wildman–Crippen LogP) is 1.07. The van der Waals surface area contributed by atoms with Crippen LogP contribution in [0, 0.1) is 5.92 Å². The molecule has 2 aliphatic rings. The van der Waals surface area contributed by atoms with Crippen LogP contribution in [0.2, 0.25) is 5.02 Å². The molecule has 0 atom stereocenters. The van der Waals surface area contributed by atoms with Crippen LogP contribution in [0.3, 0.4) is 0 Å². The van der Waals surface area contributed by atoms with Gasteiger partial charge in [0.15, 0.2) is 0 Å². The Labute approximate surface area is 117 Å². The lowest BCUT2D eigenvalue weighted by Gasteiger charge is -2.45. The lowest BCUT2D eigenvalue weighted by molar-refractivity contribution is -0.0764. The van der Waals surface area contributed by atoms with Gasteiger partial charge in [0.2, 0.25) is 10.0 Å². The predicted molar refractivity (Wildman–Crippen MR) is 72.3 cm³/mol. The third-order valence-electron chi connectivity index (χ3n) is 3.81. The molecule has 3 N–H and O–H groups in total. The fraction of sp³-hybridized carbons (Fsp3) is 0.500. The summed E-state index contributed by atoms with van der Waals surface area (Å²) in [6.07, 6.45) is 1.95. The molecule has 1 aliphatic heterocycles. The molecule has 3 rings (SSSR count). The van der Waals surface area contributed by atoms with Gasteiger partial charge in [-0.15, -0.1) is 0 Å². The molecular formula is C12H15ClN2O3S. The first-order valence-corrected chi connectivity index (χ1v) is 7.92. The highest BCUT2D eigenvalue weighted by atomic mass is 35.5. The number of aliphatic hydroxyl groups is 1. The van der Waals surface area contributed by atoms with Gasteiger partial charge in [0.25, 0.3) is 0 Å². The van der Waals surface area contributed by atoms with Gasteiger partial charge in [-0.25, -0.2) is 8.42 Å². The first-order valence-electron chi connectivity index (χ1n) is 6.10. The number of hydrogen-bond acceptors (Lipinski definition) is 4. The molecule has 19 heavy (non-hydrogen) atoms. The van der Waals surface area contributed by atoms with Crippen molar-refractivity contribution in [3.8, 4) is 0 Å². The number of sulfonamides is 1. The fourth-order valence-corrected chi connectivity index (χ4v) is 4.54. The molecule has 1 aliphatic carbocycles. The van der Waals surface area contributed by atoms with Gasteiger partial charge in [-0.2, -0.15) is 4.31 Å². The van der Waals surface area contributed by atoms with Crippen molar-refractivity contribution in [2.45, 2.75) is 23.3 Å². The van der Waals surface area contributed by atoms with Gasteiger partial charge >= 0.3 is 0 Å². The van der Waals surface area contributed by atoms with Crippen LogP contribution < -0.4 is 5.73 Å². The van der Waals surface area contributed by atoms with Crippen LogP contribution in [0.4, 0.5) is 5.69 Å². The quantitative estimate of drug-likeness (QED) is 0.818. The number of nitrogens with zero attached hydrogens (tertiary/aromatic N) is 1. The van der Waals surface area contributed by atoms with Crippen molar-refractivity contribution in [2.24, 2.45) is 5.92 Å². The summed E-state index contributed by atoms with van der Waals surface area (Å²) < 4.78 is 26.0. The van der Waals surface area contributed by atoms with Crippen LogP contribution in [-0.4, -0.2) is 36.5 Å². The normalized spacial score (nSPS) is 23.1. The van der Waals surface area contributed by atoms with Gasteiger partial charge in [0, 0.05) is 18.8 Å². The highest BCUT2D eigenvalue weighted by Gasteiger charge is 2.55. The minimum Gasteiger partial charge on any atom is -0.399 e. The van der Waals surface area contributed by atoms with E-state index in [4.69, 9.17) is 17.3 Å². The van der Waals surface area contributed by atoms with E-state index in [1.54, 1.807) is 6.07 Å². The first kappa shape index (κ1) is 13.2. The van der Waals surface area contributed by atoms with Crippen LogP contribution in [0.1, 0.15) is 12.8 Å². The number of benzene rings is 1. The molecule has 1 aromatic carbocycles. The molecule has 0 radical (unpaired) electrons. The molecule has 2 fully saturated rings. The number of halogens is 1. The maximum absolute atomic E-state index is 12.4. The molecule has 104 valence electrons. The topological polar surface area (TPSA) is 83.6 Å². The number of nitrogen functional groups attached to an aromatic ring is 1. The van der Waals surface area contributed by atoms with Crippen molar-refractivity contribution in [1.82, 2.24) is 4.31 Å².